The fourth-order valence-electron chi connectivity index (χ4n) is 5.87. The van der Waals surface area contributed by atoms with E-state index in [4.69, 9.17) is 10.00 Å². The molecule has 40 heavy (non-hydrogen) atoms. The van der Waals surface area contributed by atoms with Crippen molar-refractivity contribution in [1.82, 2.24) is 9.80 Å². The third kappa shape index (κ3) is 6.91. The van der Waals surface area contributed by atoms with E-state index in [1.165, 1.54) is 24.1 Å². The summed E-state index contributed by atoms with van der Waals surface area (Å²) in [6.45, 7) is 8.71. The summed E-state index contributed by atoms with van der Waals surface area (Å²) in [6, 6.07) is 28.8. The van der Waals surface area contributed by atoms with Crippen molar-refractivity contribution >= 4 is 11.6 Å². The molecule has 2 heterocycles. The number of rotatable bonds is 10. The zero-order valence-electron chi connectivity index (χ0n) is 23.5. The fraction of sp³-hybridized carbons (Fsp3) is 0.412. The SMILES string of the molecule is CC[C@H](C(=O)N1CCN(C[C@H](OCc2ccc(C#N)cc2)c2cccc(N3CCCC3)c2)CC1)c1ccccc1. The second-order valence-electron chi connectivity index (χ2n) is 10.9. The molecule has 0 saturated carbocycles. The van der Waals surface area contributed by atoms with Gasteiger partial charge in [0.1, 0.15) is 0 Å². The highest BCUT2D eigenvalue weighted by Gasteiger charge is 2.29. The number of amides is 1. The van der Waals surface area contributed by atoms with E-state index < -0.39 is 0 Å². The van der Waals surface area contributed by atoms with Crippen LogP contribution in [0, 0.1) is 11.3 Å². The van der Waals surface area contributed by atoms with Gasteiger partial charge in [-0.25, -0.2) is 0 Å². The van der Waals surface area contributed by atoms with Crippen molar-refractivity contribution in [3.05, 3.63) is 101 Å². The van der Waals surface area contributed by atoms with Crippen LogP contribution in [0.2, 0.25) is 0 Å². The Hall–Kier alpha value is -3.66. The highest BCUT2D eigenvalue weighted by Crippen LogP contribution is 2.28. The highest BCUT2D eigenvalue weighted by atomic mass is 16.5. The molecule has 3 aromatic carbocycles. The van der Waals surface area contributed by atoms with Crippen molar-refractivity contribution in [1.29, 1.82) is 5.26 Å². The van der Waals surface area contributed by atoms with Gasteiger partial charge in [-0.15, -0.1) is 0 Å². The number of anilines is 1. The molecule has 6 nitrogen and oxygen atoms in total. The minimum atomic E-state index is -0.0897. The molecule has 0 radical (unpaired) electrons. The van der Waals surface area contributed by atoms with E-state index in [-0.39, 0.29) is 17.9 Å². The Morgan fingerprint density at radius 3 is 2.25 bits per heavy atom. The fourth-order valence-corrected chi connectivity index (χ4v) is 5.87. The predicted molar refractivity (Wildman–Crippen MR) is 159 cm³/mol. The summed E-state index contributed by atoms with van der Waals surface area (Å²) in [5.41, 5.74) is 5.27. The van der Waals surface area contributed by atoms with Crippen molar-refractivity contribution < 1.29 is 9.53 Å². The summed E-state index contributed by atoms with van der Waals surface area (Å²) < 4.78 is 6.57. The van der Waals surface area contributed by atoms with Crippen LogP contribution >= 0.6 is 0 Å². The van der Waals surface area contributed by atoms with E-state index in [0.717, 1.165) is 63.4 Å². The third-order valence-corrected chi connectivity index (χ3v) is 8.26. The van der Waals surface area contributed by atoms with Crippen LogP contribution in [0.4, 0.5) is 5.69 Å². The number of carbonyl (C=O) groups excluding carboxylic acids is 1. The van der Waals surface area contributed by atoms with Crippen LogP contribution in [0.3, 0.4) is 0 Å². The molecule has 1 amide bonds. The first-order chi connectivity index (χ1) is 19.6. The molecule has 3 aromatic rings. The number of nitrogens with zero attached hydrogens (tertiary/aromatic N) is 4. The molecule has 6 heteroatoms. The van der Waals surface area contributed by atoms with E-state index in [1.807, 2.05) is 47.4 Å². The number of hydrogen-bond donors (Lipinski definition) is 0. The maximum absolute atomic E-state index is 13.4. The Labute approximate surface area is 238 Å². The van der Waals surface area contributed by atoms with Gasteiger partial charge in [-0.3, -0.25) is 9.69 Å². The largest absolute Gasteiger partial charge is 0.372 e. The summed E-state index contributed by atoms with van der Waals surface area (Å²) in [7, 11) is 0. The highest BCUT2D eigenvalue weighted by molar-refractivity contribution is 5.83. The Balaban J connectivity index is 1.25. The van der Waals surface area contributed by atoms with Gasteiger partial charge in [-0.1, -0.05) is 61.5 Å². The van der Waals surface area contributed by atoms with Crippen LogP contribution in [0.5, 0.6) is 0 Å². The van der Waals surface area contributed by atoms with Gasteiger partial charge >= 0.3 is 0 Å². The normalized spacial score (nSPS) is 17.4. The monoisotopic (exact) mass is 536 g/mol. The number of nitriles is 1. The molecule has 2 aliphatic rings. The van der Waals surface area contributed by atoms with Gasteiger partial charge in [0.2, 0.25) is 5.91 Å². The van der Waals surface area contributed by atoms with Gasteiger partial charge in [0, 0.05) is 51.5 Å². The number of hydrogen-bond acceptors (Lipinski definition) is 5. The lowest BCUT2D eigenvalue weighted by Gasteiger charge is -2.38. The molecule has 0 unspecified atom stereocenters. The summed E-state index contributed by atoms with van der Waals surface area (Å²) >= 11 is 0. The first kappa shape index (κ1) is 27.9. The Bertz CT molecular complexity index is 1270. The molecule has 2 saturated heterocycles. The maximum atomic E-state index is 13.4. The van der Waals surface area contributed by atoms with Crippen LogP contribution in [0.15, 0.2) is 78.9 Å². The molecule has 2 fully saturated rings. The Morgan fingerprint density at radius 2 is 1.57 bits per heavy atom. The summed E-state index contributed by atoms with van der Waals surface area (Å²) in [4.78, 5) is 20.3. The first-order valence-electron chi connectivity index (χ1n) is 14.7. The summed E-state index contributed by atoms with van der Waals surface area (Å²) in [5.74, 6) is 0.157. The molecule has 0 spiro atoms. The molecule has 2 aliphatic heterocycles. The molecule has 0 aromatic heterocycles. The van der Waals surface area contributed by atoms with Crippen molar-refractivity contribution in [3.63, 3.8) is 0 Å². The third-order valence-electron chi connectivity index (χ3n) is 8.26. The molecule has 2 atom stereocenters. The molecule has 0 N–H and O–H groups in total. The van der Waals surface area contributed by atoms with Crippen LogP contribution in [-0.2, 0) is 16.1 Å². The number of piperazine rings is 1. The smallest absolute Gasteiger partial charge is 0.230 e. The van der Waals surface area contributed by atoms with Crippen molar-refractivity contribution in [2.75, 3.05) is 50.7 Å². The van der Waals surface area contributed by atoms with Crippen LogP contribution in [-0.4, -0.2) is 61.5 Å². The second kappa shape index (κ2) is 13.6. The molecule has 208 valence electrons. The van der Waals surface area contributed by atoms with Crippen molar-refractivity contribution in [2.45, 2.75) is 44.8 Å². The molecular weight excluding hydrogens is 496 g/mol. The van der Waals surface area contributed by atoms with E-state index in [2.05, 4.69) is 59.2 Å². The van der Waals surface area contributed by atoms with E-state index in [1.54, 1.807) is 0 Å². The van der Waals surface area contributed by atoms with Gasteiger partial charge in [0.15, 0.2) is 0 Å². The number of benzene rings is 3. The van der Waals surface area contributed by atoms with Crippen LogP contribution in [0.1, 0.15) is 60.5 Å². The standard InChI is InChI=1S/C34H40N4O2/c1-2-32(29-9-4-3-5-10-29)34(39)38-21-19-36(20-22-38)25-33(40-26-28-15-13-27(24-35)14-16-28)30-11-8-12-31(23-30)37-17-6-7-18-37/h3-5,8-16,23,32-33H,2,6-7,17-22,25-26H2,1H3/t32-,33-/m0/s1. The van der Waals surface area contributed by atoms with Gasteiger partial charge in [-0.05, 0) is 60.2 Å². The lowest BCUT2D eigenvalue weighted by atomic mass is 9.94. The minimum absolute atomic E-state index is 0.0791. The number of carbonyl (C=O) groups is 1. The van der Waals surface area contributed by atoms with Gasteiger partial charge < -0.3 is 14.5 Å². The summed E-state index contributed by atoms with van der Waals surface area (Å²) in [5, 5.41) is 9.13. The number of ether oxygens (including phenoxy) is 1. The first-order valence-corrected chi connectivity index (χ1v) is 14.7. The van der Waals surface area contributed by atoms with Crippen molar-refractivity contribution in [3.8, 4) is 6.07 Å². The Kier molecular flexibility index (Phi) is 9.49. The average Bonchev–Trinajstić information content (AvgIpc) is 3.56. The summed E-state index contributed by atoms with van der Waals surface area (Å²) in [6.07, 6.45) is 3.21. The molecular formula is C34H40N4O2. The van der Waals surface area contributed by atoms with E-state index >= 15 is 0 Å². The predicted octanol–water partition coefficient (Wildman–Crippen LogP) is 5.75. The zero-order valence-corrected chi connectivity index (χ0v) is 23.5. The average molecular weight is 537 g/mol. The Morgan fingerprint density at radius 1 is 0.875 bits per heavy atom. The van der Waals surface area contributed by atoms with Gasteiger partial charge in [-0.2, -0.15) is 5.26 Å². The van der Waals surface area contributed by atoms with E-state index in [9.17, 15) is 4.79 Å². The topological polar surface area (TPSA) is 59.8 Å². The van der Waals surface area contributed by atoms with Gasteiger partial charge in [0.25, 0.3) is 0 Å². The van der Waals surface area contributed by atoms with Gasteiger partial charge in [0.05, 0.1) is 30.3 Å². The molecule has 0 aliphatic carbocycles. The van der Waals surface area contributed by atoms with E-state index in [0.29, 0.717) is 12.2 Å². The second-order valence-corrected chi connectivity index (χ2v) is 10.9. The minimum Gasteiger partial charge on any atom is -0.372 e. The van der Waals surface area contributed by atoms with Crippen LogP contribution < -0.4 is 4.90 Å². The molecule has 5 rings (SSSR count). The van der Waals surface area contributed by atoms with Crippen LogP contribution in [0.25, 0.3) is 0 Å². The lowest BCUT2D eigenvalue weighted by molar-refractivity contribution is -0.135. The maximum Gasteiger partial charge on any atom is 0.230 e. The van der Waals surface area contributed by atoms with Crippen molar-refractivity contribution in [2.24, 2.45) is 0 Å². The quantitative estimate of drug-likeness (QED) is 0.330. The zero-order chi connectivity index (χ0) is 27.7. The lowest BCUT2D eigenvalue weighted by Crippen LogP contribution is -2.50. The molecule has 0 bridgehead atoms.